The number of nitro benzene ring substituents is 1. The zero-order valence-electron chi connectivity index (χ0n) is 14.9. The van der Waals surface area contributed by atoms with Gasteiger partial charge in [0.1, 0.15) is 6.04 Å². The van der Waals surface area contributed by atoms with E-state index in [1.54, 1.807) is 16.7 Å². The van der Waals surface area contributed by atoms with Crippen LogP contribution in [-0.4, -0.2) is 58.3 Å². The van der Waals surface area contributed by atoms with Crippen LogP contribution in [0.4, 0.5) is 5.69 Å². The normalized spacial score (nSPS) is 23.2. The molecule has 0 aromatic heterocycles. The molecule has 8 nitrogen and oxygen atoms in total. The molecule has 2 heterocycles. The highest BCUT2D eigenvalue weighted by Crippen LogP contribution is 2.25. The van der Waals surface area contributed by atoms with Crippen molar-refractivity contribution < 1.29 is 14.5 Å². The van der Waals surface area contributed by atoms with Gasteiger partial charge in [-0.25, -0.2) is 0 Å². The Bertz CT molecular complexity index is 736. The van der Waals surface area contributed by atoms with Crippen molar-refractivity contribution in [2.45, 2.75) is 44.7 Å². The molecule has 0 aliphatic carbocycles. The molecule has 2 amide bonds. The van der Waals surface area contributed by atoms with Crippen LogP contribution in [-0.2, 0) is 4.79 Å². The number of likely N-dealkylation sites (tertiary alicyclic amines) is 2. The molecule has 26 heavy (non-hydrogen) atoms. The Balaban J connectivity index is 1.77. The smallest absolute Gasteiger partial charge is 0.272 e. The molecule has 8 heteroatoms. The summed E-state index contributed by atoms with van der Waals surface area (Å²) in [6.07, 6.45) is 3.21. The zero-order valence-corrected chi connectivity index (χ0v) is 14.9. The molecular weight excluding hydrogens is 336 g/mol. The molecule has 2 saturated heterocycles. The van der Waals surface area contributed by atoms with Crippen LogP contribution >= 0.6 is 0 Å². The second-order valence-electron chi connectivity index (χ2n) is 7.10. The van der Waals surface area contributed by atoms with Crippen LogP contribution < -0.4 is 5.73 Å². The number of nitrogens with zero attached hydrogens (tertiary/aromatic N) is 3. The molecule has 1 aromatic carbocycles. The monoisotopic (exact) mass is 360 g/mol. The molecular formula is C18H24N4O4. The van der Waals surface area contributed by atoms with Crippen molar-refractivity contribution in [3.8, 4) is 0 Å². The third-order valence-electron chi connectivity index (χ3n) is 5.21. The van der Waals surface area contributed by atoms with Crippen molar-refractivity contribution in [1.82, 2.24) is 9.80 Å². The summed E-state index contributed by atoms with van der Waals surface area (Å²) >= 11 is 0. The van der Waals surface area contributed by atoms with Crippen LogP contribution in [0.2, 0.25) is 0 Å². The quantitative estimate of drug-likeness (QED) is 0.648. The number of hydrogen-bond acceptors (Lipinski definition) is 5. The van der Waals surface area contributed by atoms with Crippen molar-refractivity contribution in [1.29, 1.82) is 0 Å². The number of aryl methyl sites for hydroxylation is 1. The number of piperidine rings is 1. The largest absolute Gasteiger partial charge is 0.339 e. The van der Waals surface area contributed by atoms with E-state index in [-0.39, 0.29) is 23.5 Å². The van der Waals surface area contributed by atoms with Crippen molar-refractivity contribution in [2.75, 3.05) is 19.6 Å². The summed E-state index contributed by atoms with van der Waals surface area (Å²) in [5.74, 6) is -0.287. The van der Waals surface area contributed by atoms with Crippen LogP contribution in [0.3, 0.4) is 0 Å². The van der Waals surface area contributed by atoms with Gasteiger partial charge in [-0.15, -0.1) is 0 Å². The summed E-state index contributed by atoms with van der Waals surface area (Å²) in [7, 11) is 0. The lowest BCUT2D eigenvalue weighted by atomic mass is 10.0. The molecule has 2 N–H and O–H groups in total. The van der Waals surface area contributed by atoms with Gasteiger partial charge in [0.25, 0.3) is 11.6 Å². The maximum Gasteiger partial charge on any atom is 0.272 e. The summed E-state index contributed by atoms with van der Waals surface area (Å²) < 4.78 is 0. The minimum absolute atomic E-state index is 0.00410. The van der Waals surface area contributed by atoms with E-state index in [1.807, 2.05) is 0 Å². The van der Waals surface area contributed by atoms with Gasteiger partial charge in [0.2, 0.25) is 5.91 Å². The van der Waals surface area contributed by atoms with E-state index in [9.17, 15) is 19.7 Å². The molecule has 2 aliphatic heterocycles. The number of nitro groups is 1. The van der Waals surface area contributed by atoms with Crippen LogP contribution in [0.1, 0.15) is 41.6 Å². The van der Waals surface area contributed by atoms with Crippen LogP contribution in [0, 0.1) is 17.0 Å². The molecule has 2 aliphatic rings. The number of benzene rings is 1. The maximum atomic E-state index is 12.9. The number of nitrogens with two attached hydrogens (primary N) is 1. The molecule has 0 radical (unpaired) electrons. The molecule has 1 aromatic rings. The number of rotatable bonds is 3. The highest BCUT2D eigenvalue weighted by molar-refractivity contribution is 5.98. The van der Waals surface area contributed by atoms with E-state index in [0.717, 1.165) is 19.3 Å². The predicted molar refractivity (Wildman–Crippen MR) is 95.7 cm³/mol. The lowest BCUT2D eigenvalue weighted by Gasteiger charge is -2.35. The summed E-state index contributed by atoms with van der Waals surface area (Å²) in [4.78, 5) is 39.6. The van der Waals surface area contributed by atoms with Crippen molar-refractivity contribution in [3.05, 3.63) is 39.4 Å². The fourth-order valence-corrected chi connectivity index (χ4v) is 3.85. The fraction of sp³-hybridized carbons (Fsp3) is 0.556. The summed E-state index contributed by atoms with van der Waals surface area (Å²) in [5.41, 5.74) is 6.77. The number of carbonyl (C=O) groups excluding carboxylic acids is 2. The average molecular weight is 360 g/mol. The first-order chi connectivity index (χ1) is 12.4. The minimum Gasteiger partial charge on any atom is -0.339 e. The van der Waals surface area contributed by atoms with Crippen LogP contribution in [0.5, 0.6) is 0 Å². The van der Waals surface area contributed by atoms with Crippen molar-refractivity contribution in [2.24, 2.45) is 5.73 Å². The van der Waals surface area contributed by atoms with E-state index in [1.165, 1.54) is 18.2 Å². The first-order valence-electron chi connectivity index (χ1n) is 8.99. The van der Waals surface area contributed by atoms with Gasteiger partial charge in [-0.3, -0.25) is 19.7 Å². The highest BCUT2D eigenvalue weighted by atomic mass is 16.6. The van der Waals surface area contributed by atoms with Crippen molar-refractivity contribution >= 4 is 17.5 Å². The molecule has 0 bridgehead atoms. The van der Waals surface area contributed by atoms with Gasteiger partial charge in [0.15, 0.2) is 0 Å². The first-order valence-corrected chi connectivity index (χ1v) is 8.99. The lowest BCUT2D eigenvalue weighted by molar-refractivity contribution is -0.385. The predicted octanol–water partition coefficient (Wildman–Crippen LogP) is 1.46. The summed E-state index contributed by atoms with van der Waals surface area (Å²) in [6, 6.07) is 3.86. The SMILES string of the molecule is Cc1cc(C(=O)N2CCCC2C(=O)N2CCCC(N)C2)ccc1[N+](=O)[O-]. The number of carbonyl (C=O) groups is 2. The molecule has 2 atom stereocenters. The minimum atomic E-state index is -0.469. The van der Waals surface area contributed by atoms with Crippen LogP contribution in [0.15, 0.2) is 18.2 Å². The molecule has 140 valence electrons. The van der Waals surface area contributed by atoms with Gasteiger partial charge >= 0.3 is 0 Å². The zero-order chi connectivity index (χ0) is 18.8. The molecule has 2 unspecified atom stereocenters. The van der Waals surface area contributed by atoms with Gasteiger partial charge in [-0.2, -0.15) is 0 Å². The van der Waals surface area contributed by atoms with E-state index in [4.69, 9.17) is 5.73 Å². The second-order valence-corrected chi connectivity index (χ2v) is 7.10. The molecule has 3 rings (SSSR count). The molecule has 2 fully saturated rings. The van der Waals surface area contributed by atoms with Gasteiger partial charge in [-0.1, -0.05) is 0 Å². The van der Waals surface area contributed by atoms with Gasteiger partial charge in [0, 0.05) is 42.9 Å². The Morgan fingerprint density at radius 2 is 1.96 bits per heavy atom. The summed E-state index contributed by atoms with van der Waals surface area (Å²) in [5, 5.41) is 11.0. The van der Waals surface area contributed by atoms with Crippen molar-refractivity contribution in [3.63, 3.8) is 0 Å². The maximum absolute atomic E-state index is 12.9. The third kappa shape index (κ3) is 3.55. The second kappa shape index (κ2) is 7.41. The average Bonchev–Trinajstić information content (AvgIpc) is 3.09. The number of amides is 2. The molecule has 0 saturated carbocycles. The standard InChI is InChI=1S/C18H24N4O4/c1-12-10-13(6-7-15(12)22(25)26)17(23)21-9-3-5-16(21)18(24)20-8-2-4-14(19)11-20/h6-7,10,14,16H,2-5,8-9,11,19H2,1H3. The van der Waals surface area contributed by atoms with E-state index >= 15 is 0 Å². The summed E-state index contributed by atoms with van der Waals surface area (Å²) in [6.45, 7) is 3.34. The van der Waals surface area contributed by atoms with Gasteiger partial charge < -0.3 is 15.5 Å². The fourth-order valence-electron chi connectivity index (χ4n) is 3.85. The first kappa shape index (κ1) is 18.3. The van der Waals surface area contributed by atoms with E-state index < -0.39 is 11.0 Å². The molecule has 0 spiro atoms. The lowest BCUT2D eigenvalue weighted by Crippen LogP contribution is -2.53. The topological polar surface area (TPSA) is 110 Å². The Morgan fingerprint density at radius 1 is 1.23 bits per heavy atom. The Labute approximate surface area is 152 Å². The highest BCUT2D eigenvalue weighted by Gasteiger charge is 2.38. The Hall–Kier alpha value is -2.48. The Kier molecular flexibility index (Phi) is 5.22. The van der Waals surface area contributed by atoms with Gasteiger partial charge in [-0.05, 0) is 44.7 Å². The van der Waals surface area contributed by atoms with Crippen LogP contribution in [0.25, 0.3) is 0 Å². The van der Waals surface area contributed by atoms with E-state index in [0.29, 0.717) is 37.2 Å². The third-order valence-corrected chi connectivity index (χ3v) is 5.21. The Morgan fingerprint density at radius 3 is 2.62 bits per heavy atom. The van der Waals surface area contributed by atoms with E-state index in [2.05, 4.69) is 0 Å². The number of hydrogen-bond donors (Lipinski definition) is 1. The van der Waals surface area contributed by atoms with Gasteiger partial charge in [0.05, 0.1) is 4.92 Å².